The lowest BCUT2D eigenvalue weighted by molar-refractivity contribution is 0.0872. The van der Waals surface area contributed by atoms with Gasteiger partial charge in [-0.25, -0.2) is 4.98 Å². The van der Waals surface area contributed by atoms with Gasteiger partial charge in [0, 0.05) is 23.3 Å². The molecule has 0 spiro atoms. The highest BCUT2D eigenvalue weighted by molar-refractivity contribution is 7.15. The number of rotatable bonds is 2. The molecule has 6 heteroatoms. The lowest BCUT2D eigenvalue weighted by Gasteiger charge is -2.39. The summed E-state index contributed by atoms with van der Waals surface area (Å²) in [7, 11) is 0. The normalized spacial score (nSPS) is 23.8. The van der Waals surface area contributed by atoms with Crippen molar-refractivity contribution in [1.82, 2.24) is 14.7 Å². The van der Waals surface area contributed by atoms with Crippen LogP contribution in [-0.4, -0.2) is 21.3 Å². The number of aryl methyl sites for hydroxylation is 1. The topological polar surface area (TPSA) is 63.5 Å². The number of amides is 1. The van der Waals surface area contributed by atoms with Crippen molar-refractivity contribution in [2.45, 2.75) is 53.0 Å². The number of carbonyl (C=O) groups excluding carboxylic acids is 1. The van der Waals surface area contributed by atoms with Crippen LogP contribution in [0.1, 0.15) is 56.1 Å². The monoisotopic (exact) mass is 333 g/mol. The van der Waals surface area contributed by atoms with Gasteiger partial charge in [0.05, 0.1) is 0 Å². The van der Waals surface area contributed by atoms with Gasteiger partial charge in [-0.1, -0.05) is 20.8 Å². The van der Waals surface area contributed by atoms with Crippen LogP contribution in [0.5, 0.6) is 0 Å². The largest absolute Gasteiger partial charge is 0.349 e. The predicted octanol–water partition coefficient (Wildman–Crippen LogP) is 3.01. The van der Waals surface area contributed by atoms with Crippen LogP contribution in [0.2, 0.25) is 0 Å². The van der Waals surface area contributed by atoms with Gasteiger partial charge in [-0.3, -0.25) is 14.0 Å². The van der Waals surface area contributed by atoms with Crippen LogP contribution in [0.15, 0.2) is 16.4 Å². The van der Waals surface area contributed by atoms with E-state index in [1.54, 1.807) is 0 Å². The third kappa shape index (κ3) is 3.17. The molecule has 3 rings (SSSR count). The Labute approximate surface area is 139 Å². The molecule has 1 saturated carbocycles. The Kier molecular flexibility index (Phi) is 4.04. The first-order chi connectivity index (χ1) is 10.8. The number of nitrogens with one attached hydrogen (secondary N) is 1. The summed E-state index contributed by atoms with van der Waals surface area (Å²) in [5, 5.41) is 4.92. The van der Waals surface area contributed by atoms with Crippen LogP contribution in [0.4, 0.5) is 0 Å². The Bertz CT molecular complexity index is 806. The average Bonchev–Trinajstić information content (AvgIpc) is 2.79. The summed E-state index contributed by atoms with van der Waals surface area (Å²) >= 11 is 1.40. The number of nitrogens with zero attached hydrogens (tertiary/aromatic N) is 2. The van der Waals surface area contributed by atoms with E-state index in [9.17, 15) is 9.59 Å². The van der Waals surface area contributed by atoms with Crippen molar-refractivity contribution in [3.8, 4) is 0 Å². The molecule has 1 amide bonds. The molecule has 1 N–H and O–H groups in total. The van der Waals surface area contributed by atoms with Crippen molar-refractivity contribution in [1.29, 1.82) is 0 Å². The number of hydrogen-bond donors (Lipinski definition) is 1. The number of aromatic nitrogens is 2. The van der Waals surface area contributed by atoms with E-state index in [-0.39, 0.29) is 28.5 Å². The van der Waals surface area contributed by atoms with E-state index >= 15 is 0 Å². The summed E-state index contributed by atoms with van der Waals surface area (Å²) in [5.74, 6) is 0.266. The quantitative estimate of drug-likeness (QED) is 0.919. The molecule has 0 radical (unpaired) electrons. The maximum Gasteiger partial charge on any atom is 0.271 e. The molecule has 1 aliphatic rings. The first-order valence-corrected chi connectivity index (χ1v) is 8.91. The summed E-state index contributed by atoms with van der Waals surface area (Å²) in [6.07, 6.45) is 4.48. The first kappa shape index (κ1) is 16.2. The van der Waals surface area contributed by atoms with Crippen LogP contribution in [-0.2, 0) is 0 Å². The molecule has 1 aliphatic carbocycles. The van der Waals surface area contributed by atoms with Gasteiger partial charge in [0.15, 0.2) is 4.96 Å². The van der Waals surface area contributed by atoms with Crippen molar-refractivity contribution >= 4 is 22.2 Å². The van der Waals surface area contributed by atoms with Crippen molar-refractivity contribution in [2.24, 2.45) is 11.3 Å². The maximum absolute atomic E-state index is 12.6. The van der Waals surface area contributed by atoms with Crippen molar-refractivity contribution in [3.63, 3.8) is 0 Å². The lowest BCUT2D eigenvalue weighted by atomic mass is 9.70. The highest BCUT2D eigenvalue weighted by Crippen LogP contribution is 2.38. The van der Waals surface area contributed by atoms with Crippen molar-refractivity contribution < 1.29 is 4.79 Å². The van der Waals surface area contributed by atoms with Gasteiger partial charge < -0.3 is 5.32 Å². The second kappa shape index (κ2) is 5.74. The van der Waals surface area contributed by atoms with Crippen LogP contribution in [0, 0.1) is 18.3 Å². The van der Waals surface area contributed by atoms with Crippen molar-refractivity contribution in [3.05, 3.63) is 33.2 Å². The van der Waals surface area contributed by atoms with E-state index in [4.69, 9.17) is 0 Å². The summed E-state index contributed by atoms with van der Waals surface area (Å²) in [5.41, 5.74) is 0.871. The molecule has 0 aliphatic heterocycles. The fourth-order valence-corrected chi connectivity index (χ4v) is 4.73. The molecule has 2 aromatic rings. The first-order valence-electron chi connectivity index (χ1n) is 8.03. The zero-order valence-corrected chi connectivity index (χ0v) is 14.9. The molecule has 2 aromatic heterocycles. The molecule has 0 bridgehead atoms. The van der Waals surface area contributed by atoms with E-state index < -0.39 is 0 Å². The minimum atomic E-state index is -0.308. The summed E-state index contributed by atoms with van der Waals surface area (Å²) in [6.45, 7) is 8.54. The number of carbonyl (C=O) groups is 1. The Morgan fingerprint density at radius 2 is 2.17 bits per heavy atom. The number of thiazole rings is 1. The van der Waals surface area contributed by atoms with Gasteiger partial charge in [0.1, 0.15) is 5.56 Å². The average molecular weight is 333 g/mol. The highest BCUT2D eigenvalue weighted by Gasteiger charge is 2.33. The molecule has 2 atom stereocenters. The van der Waals surface area contributed by atoms with E-state index in [1.165, 1.54) is 28.4 Å². The second-order valence-electron chi connectivity index (χ2n) is 7.56. The standard InChI is InChI=1S/C17H23N3O2S/c1-10-5-12(7-17(3,4)6-10)19-14(21)13-8-18-16-20(15(13)22)11(2)9-23-16/h8-10,12H,5-7H2,1-4H3,(H,19,21). The molecular formula is C17H23N3O2S. The second-order valence-corrected chi connectivity index (χ2v) is 8.39. The highest BCUT2D eigenvalue weighted by atomic mass is 32.1. The Morgan fingerprint density at radius 1 is 1.43 bits per heavy atom. The van der Waals surface area contributed by atoms with Crippen molar-refractivity contribution in [2.75, 3.05) is 0 Å². The van der Waals surface area contributed by atoms with E-state index in [2.05, 4.69) is 31.1 Å². The zero-order chi connectivity index (χ0) is 16.8. The van der Waals surface area contributed by atoms with Crippen LogP contribution < -0.4 is 10.9 Å². The minimum absolute atomic E-state index is 0.116. The SMILES string of the molecule is Cc1csc2ncc(C(=O)NC3CC(C)CC(C)(C)C3)c(=O)n12. The fraction of sp³-hybridized carbons (Fsp3) is 0.588. The minimum Gasteiger partial charge on any atom is -0.349 e. The maximum atomic E-state index is 12.6. The molecular weight excluding hydrogens is 310 g/mol. The summed E-state index contributed by atoms with van der Waals surface area (Å²) in [6, 6.07) is 0.116. The molecule has 2 heterocycles. The van der Waals surface area contributed by atoms with Gasteiger partial charge >= 0.3 is 0 Å². The molecule has 5 nitrogen and oxygen atoms in total. The van der Waals surface area contributed by atoms with Gasteiger partial charge in [0.25, 0.3) is 11.5 Å². The van der Waals surface area contributed by atoms with E-state index in [0.717, 1.165) is 18.5 Å². The van der Waals surface area contributed by atoms with Gasteiger partial charge in [0.2, 0.25) is 0 Å². The van der Waals surface area contributed by atoms with Crippen LogP contribution >= 0.6 is 11.3 Å². The zero-order valence-electron chi connectivity index (χ0n) is 14.0. The van der Waals surface area contributed by atoms with Crippen LogP contribution in [0.25, 0.3) is 4.96 Å². The molecule has 0 saturated heterocycles. The smallest absolute Gasteiger partial charge is 0.271 e. The Hall–Kier alpha value is -1.69. The molecule has 2 unspecified atom stereocenters. The molecule has 0 aromatic carbocycles. The Balaban J connectivity index is 1.85. The third-order valence-corrected chi connectivity index (χ3v) is 5.54. The van der Waals surface area contributed by atoms with E-state index in [0.29, 0.717) is 10.9 Å². The number of hydrogen-bond acceptors (Lipinski definition) is 4. The van der Waals surface area contributed by atoms with Gasteiger partial charge in [-0.15, -0.1) is 11.3 Å². The number of fused-ring (bicyclic) bond motifs is 1. The predicted molar refractivity (Wildman–Crippen MR) is 92.1 cm³/mol. The van der Waals surface area contributed by atoms with Gasteiger partial charge in [-0.05, 0) is 37.5 Å². The lowest BCUT2D eigenvalue weighted by Crippen LogP contribution is -2.44. The molecule has 1 fully saturated rings. The Morgan fingerprint density at radius 3 is 2.87 bits per heavy atom. The van der Waals surface area contributed by atoms with E-state index in [1.807, 2.05) is 12.3 Å². The third-order valence-electron chi connectivity index (χ3n) is 4.58. The molecule has 124 valence electrons. The summed E-state index contributed by atoms with van der Waals surface area (Å²) in [4.78, 5) is 30.0. The van der Waals surface area contributed by atoms with Gasteiger partial charge in [-0.2, -0.15) is 0 Å². The molecule has 23 heavy (non-hydrogen) atoms. The fourth-order valence-electron chi connectivity index (χ4n) is 3.90. The van der Waals surface area contributed by atoms with Crippen LogP contribution in [0.3, 0.4) is 0 Å². The summed E-state index contributed by atoms with van der Waals surface area (Å²) < 4.78 is 1.51.